The van der Waals surface area contributed by atoms with E-state index in [0.717, 1.165) is 40.0 Å². The van der Waals surface area contributed by atoms with Gasteiger partial charge in [0.05, 0.1) is 26.4 Å². The number of nitrogens with zero attached hydrogens (tertiary/aromatic N) is 5. The molecule has 0 radical (unpaired) electrons. The lowest BCUT2D eigenvalue weighted by Crippen LogP contribution is -2.41. The van der Waals surface area contributed by atoms with Gasteiger partial charge >= 0.3 is 6.03 Å². The van der Waals surface area contributed by atoms with E-state index in [1.54, 1.807) is 35.1 Å². The summed E-state index contributed by atoms with van der Waals surface area (Å²) < 4.78 is 2.59. The highest BCUT2D eigenvalue weighted by molar-refractivity contribution is 9.10. The third-order valence-corrected chi connectivity index (χ3v) is 7.24. The van der Waals surface area contributed by atoms with Gasteiger partial charge in [-0.3, -0.25) is 4.98 Å². The molecule has 1 aromatic carbocycles. The Morgan fingerprint density at radius 1 is 1.17 bits per heavy atom. The van der Waals surface area contributed by atoms with Crippen LogP contribution in [0.4, 0.5) is 16.3 Å². The Balaban J connectivity index is 1.35. The second-order valence-corrected chi connectivity index (χ2v) is 10.0. The molecule has 1 fully saturated rings. The Bertz CT molecular complexity index is 1370. The zero-order chi connectivity index (χ0) is 24.4. The second kappa shape index (κ2) is 10.4. The summed E-state index contributed by atoms with van der Waals surface area (Å²) in [6, 6.07) is 10.8. The van der Waals surface area contributed by atoms with Crippen molar-refractivity contribution in [2.45, 2.75) is 25.3 Å². The number of benzene rings is 1. The van der Waals surface area contributed by atoms with Crippen LogP contribution in [0.15, 0.2) is 59.5 Å². The first kappa shape index (κ1) is 23.8. The predicted molar refractivity (Wildman–Crippen MR) is 141 cm³/mol. The summed E-state index contributed by atoms with van der Waals surface area (Å²) in [5, 5.41) is 11.7. The Labute approximate surface area is 220 Å². The number of hydrogen-bond donors (Lipinski definition) is 2. The average molecular weight is 575 g/mol. The fourth-order valence-electron chi connectivity index (χ4n) is 4.16. The SMILES string of the molecule is O=C(Nc1ccc(Cl)c(Cl)c1)N1CCCC(c2cc(NCc3cccnc3)n3ncc(Br)c3n2)C1. The number of halogens is 3. The highest BCUT2D eigenvalue weighted by atomic mass is 79.9. The molecule has 1 aliphatic rings. The van der Waals surface area contributed by atoms with Gasteiger partial charge in [-0.1, -0.05) is 29.3 Å². The standard InChI is InChI=1S/C24H22BrCl2N7O/c25-18-13-30-34-22(29-12-15-3-1-7-28-11-15)10-21(32-23(18)34)16-4-2-8-33(14-16)24(35)31-17-5-6-19(26)20(27)9-17/h1,3,5-7,9-11,13,16,29H,2,4,8,12,14H2,(H,31,35). The molecule has 8 nitrogen and oxygen atoms in total. The minimum absolute atomic E-state index is 0.0917. The minimum Gasteiger partial charge on any atom is -0.366 e. The maximum atomic E-state index is 13.0. The first-order chi connectivity index (χ1) is 17.0. The van der Waals surface area contributed by atoms with Gasteiger partial charge in [0.15, 0.2) is 5.65 Å². The molecular weight excluding hydrogens is 553 g/mol. The Morgan fingerprint density at radius 2 is 2.06 bits per heavy atom. The number of piperidine rings is 1. The number of urea groups is 1. The monoisotopic (exact) mass is 573 g/mol. The van der Waals surface area contributed by atoms with Crippen molar-refractivity contribution in [2.24, 2.45) is 0 Å². The summed E-state index contributed by atoms with van der Waals surface area (Å²) in [6.45, 7) is 1.84. The van der Waals surface area contributed by atoms with Gasteiger partial charge in [-0.2, -0.15) is 9.61 Å². The van der Waals surface area contributed by atoms with Gasteiger partial charge in [0.2, 0.25) is 0 Å². The van der Waals surface area contributed by atoms with Crippen molar-refractivity contribution in [1.82, 2.24) is 24.5 Å². The largest absolute Gasteiger partial charge is 0.366 e. The smallest absolute Gasteiger partial charge is 0.321 e. The molecule has 4 aromatic rings. The molecule has 35 heavy (non-hydrogen) atoms. The molecule has 2 amide bonds. The molecule has 0 saturated carbocycles. The summed E-state index contributed by atoms with van der Waals surface area (Å²) in [6.07, 6.45) is 7.14. The van der Waals surface area contributed by atoms with Crippen LogP contribution in [0, 0.1) is 0 Å². The number of rotatable bonds is 5. The number of hydrogen-bond acceptors (Lipinski definition) is 5. The van der Waals surface area contributed by atoms with Crippen molar-refractivity contribution in [1.29, 1.82) is 0 Å². The van der Waals surface area contributed by atoms with Gasteiger partial charge in [0.1, 0.15) is 5.82 Å². The summed E-state index contributed by atoms with van der Waals surface area (Å²) in [7, 11) is 0. The van der Waals surface area contributed by atoms with Crippen LogP contribution in [0.2, 0.25) is 10.0 Å². The highest BCUT2D eigenvalue weighted by Crippen LogP contribution is 2.31. The maximum absolute atomic E-state index is 13.0. The molecule has 0 spiro atoms. The van der Waals surface area contributed by atoms with Crippen LogP contribution >= 0.6 is 39.1 Å². The number of pyridine rings is 1. The van der Waals surface area contributed by atoms with Gasteiger partial charge in [-0.15, -0.1) is 0 Å². The van der Waals surface area contributed by atoms with Crippen LogP contribution in [0.1, 0.15) is 30.0 Å². The van der Waals surface area contributed by atoms with Crippen LogP contribution in [-0.2, 0) is 6.54 Å². The number of carbonyl (C=O) groups is 1. The van der Waals surface area contributed by atoms with E-state index in [1.165, 1.54) is 0 Å². The van der Waals surface area contributed by atoms with E-state index in [4.69, 9.17) is 28.2 Å². The number of nitrogens with one attached hydrogen (secondary N) is 2. The summed E-state index contributed by atoms with van der Waals surface area (Å²) in [5.74, 6) is 0.922. The fourth-order valence-corrected chi connectivity index (χ4v) is 4.81. The summed E-state index contributed by atoms with van der Waals surface area (Å²) in [5.41, 5.74) is 3.32. The predicted octanol–water partition coefficient (Wildman–Crippen LogP) is 6.22. The first-order valence-corrected chi connectivity index (χ1v) is 12.7. The molecule has 5 rings (SSSR count). The molecule has 1 unspecified atom stereocenters. The van der Waals surface area contributed by atoms with E-state index in [9.17, 15) is 4.79 Å². The topological polar surface area (TPSA) is 87.5 Å². The number of likely N-dealkylation sites (tertiary alicyclic amines) is 1. The third kappa shape index (κ3) is 5.37. The maximum Gasteiger partial charge on any atom is 0.321 e. The Morgan fingerprint density at radius 3 is 2.86 bits per heavy atom. The zero-order valence-corrected chi connectivity index (χ0v) is 21.7. The fraction of sp³-hybridized carbons (Fsp3) is 0.250. The molecule has 1 atom stereocenters. The van der Waals surface area contributed by atoms with Crippen molar-refractivity contribution in [3.63, 3.8) is 0 Å². The van der Waals surface area contributed by atoms with Crippen LogP contribution < -0.4 is 10.6 Å². The highest BCUT2D eigenvalue weighted by Gasteiger charge is 2.27. The van der Waals surface area contributed by atoms with Gasteiger partial charge in [0.25, 0.3) is 0 Å². The molecule has 0 bridgehead atoms. The van der Waals surface area contributed by atoms with Crippen LogP contribution in [-0.4, -0.2) is 43.6 Å². The van der Waals surface area contributed by atoms with Crippen molar-refractivity contribution in [3.05, 3.63) is 80.8 Å². The molecule has 11 heteroatoms. The van der Waals surface area contributed by atoms with Gasteiger partial charge in [0, 0.05) is 49.7 Å². The van der Waals surface area contributed by atoms with Gasteiger partial charge < -0.3 is 15.5 Å². The molecule has 1 saturated heterocycles. The number of anilines is 2. The number of carbonyl (C=O) groups excluding carboxylic acids is 1. The quantitative estimate of drug-likeness (QED) is 0.295. The first-order valence-electron chi connectivity index (χ1n) is 11.2. The molecule has 3 aromatic heterocycles. The minimum atomic E-state index is -0.172. The van der Waals surface area contributed by atoms with Crippen molar-refractivity contribution >= 4 is 62.3 Å². The molecule has 0 aliphatic carbocycles. The van der Waals surface area contributed by atoms with E-state index >= 15 is 0 Å². The van der Waals surface area contributed by atoms with E-state index in [-0.39, 0.29) is 11.9 Å². The number of aromatic nitrogens is 4. The third-order valence-electron chi connectivity index (χ3n) is 5.94. The lowest BCUT2D eigenvalue weighted by molar-refractivity contribution is 0.192. The van der Waals surface area contributed by atoms with E-state index < -0.39 is 0 Å². The molecule has 180 valence electrons. The van der Waals surface area contributed by atoms with E-state index in [1.807, 2.05) is 29.3 Å². The lowest BCUT2D eigenvalue weighted by atomic mass is 9.94. The normalized spacial score (nSPS) is 15.9. The van der Waals surface area contributed by atoms with Crippen LogP contribution in [0.25, 0.3) is 5.65 Å². The Hall–Kier alpha value is -2.88. The Kier molecular flexibility index (Phi) is 7.08. The zero-order valence-electron chi connectivity index (χ0n) is 18.6. The van der Waals surface area contributed by atoms with Crippen LogP contribution in [0.3, 0.4) is 0 Å². The molecule has 1 aliphatic heterocycles. The summed E-state index contributed by atoms with van der Waals surface area (Å²) >= 11 is 15.6. The van der Waals surface area contributed by atoms with Crippen molar-refractivity contribution in [2.75, 3.05) is 23.7 Å². The van der Waals surface area contributed by atoms with Gasteiger partial charge in [-0.25, -0.2) is 9.78 Å². The van der Waals surface area contributed by atoms with Crippen molar-refractivity contribution < 1.29 is 4.79 Å². The lowest BCUT2D eigenvalue weighted by Gasteiger charge is -2.32. The molecule has 2 N–H and O–H groups in total. The van der Waals surface area contributed by atoms with Crippen LogP contribution in [0.5, 0.6) is 0 Å². The molecular formula is C24H22BrCl2N7O. The summed E-state index contributed by atoms with van der Waals surface area (Å²) in [4.78, 5) is 23.8. The molecule has 4 heterocycles. The van der Waals surface area contributed by atoms with Gasteiger partial charge in [-0.05, 0) is 58.6 Å². The van der Waals surface area contributed by atoms with Crippen molar-refractivity contribution in [3.8, 4) is 0 Å². The van der Waals surface area contributed by atoms with E-state index in [0.29, 0.717) is 35.4 Å². The van der Waals surface area contributed by atoms with E-state index in [2.05, 4.69) is 36.6 Å². The number of amides is 2. The second-order valence-electron chi connectivity index (χ2n) is 8.35. The number of fused-ring (bicyclic) bond motifs is 1. The average Bonchev–Trinajstić information content (AvgIpc) is 3.26.